The summed E-state index contributed by atoms with van der Waals surface area (Å²) in [5.74, 6) is -0.0866. The number of aromatic nitrogens is 2. The fourth-order valence-electron chi connectivity index (χ4n) is 2.01. The highest BCUT2D eigenvalue weighted by Gasteiger charge is 2.16. The normalized spacial score (nSPS) is 12.0. The number of hydrogen-bond acceptors (Lipinski definition) is 5. The van der Waals surface area contributed by atoms with Crippen LogP contribution in [0.15, 0.2) is 35.4 Å². The number of anilines is 1. The van der Waals surface area contributed by atoms with Crippen molar-refractivity contribution in [2.45, 2.75) is 20.4 Å². The van der Waals surface area contributed by atoms with Crippen molar-refractivity contribution in [1.82, 2.24) is 15.3 Å². The Morgan fingerprint density at radius 1 is 1.29 bits per heavy atom. The smallest absolute Gasteiger partial charge is 0.270 e. The SMILES string of the molecule is CC.O=C1COc2ccc(CNC(=O)c3cc(=O)[nH]cn3)cc2N1. The number of nitrogens with one attached hydrogen (secondary N) is 3. The lowest BCUT2D eigenvalue weighted by atomic mass is 10.1. The van der Waals surface area contributed by atoms with Crippen LogP contribution >= 0.6 is 0 Å². The third-order valence-electron chi connectivity index (χ3n) is 3.04. The monoisotopic (exact) mass is 330 g/mol. The lowest BCUT2D eigenvalue weighted by Crippen LogP contribution is -2.27. The van der Waals surface area contributed by atoms with Crippen LogP contribution in [0.5, 0.6) is 5.75 Å². The van der Waals surface area contributed by atoms with Gasteiger partial charge in [-0.25, -0.2) is 4.98 Å². The van der Waals surface area contributed by atoms with Gasteiger partial charge in [-0.2, -0.15) is 0 Å². The minimum absolute atomic E-state index is 0.00267. The van der Waals surface area contributed by atoms with Gasteiger partial charge in [-0.3, -0.25) is 14.4 Å². The summed E-state index contributed by atoms with van der Waals surface area (Å²) in [4.78, 5) is 40.4. The highest BCUT2D eigenvalue weighted by Crippen LogP contribution is 2.28. The van der Waals surface area contributed by atoms with E-state index < -0.39 is 11.5 Å². The number of carbonyl (C=O) groups excluding carboxylic acids is 2. The van der Waals surface area contributed by atoms with E-state index in [0.29, 0.717) is 11.4 Å². The number of benzene rings is 1. The van der Waals surface area contributed by atoms with Gasteiger partial charge in [0.2, 0.25) is 0 Å². The fraction of sp³-hybridized carbons (Fsp3) is 0.250. The molecule has 1 aliphatic heterocycles. The molecule has 3 rings (SSSR count). The van der Waals surface area contributed by atoms with Gasteiger partial charge in [0.25, 0.3) is 17.4 Å². The lowest BCUT2D eigenvalue weighted by Gasteiger charge is -2.18. The zero-order valence-corrected chi connectivity index (χ0v) is 13.4. The van der Waals surface area contributed by atoms with Gasteiger partial charge in [0, 0.05) is 12.6 Å². The maximum atomic E-state index is 11.9. The van der Waals surface area contributed by atoms with Crippen molar-refractivity contribution in [1.29, 1.82) is 0 Å². The van der Waals surface area contributed by atoms with E-state index in [1.807, 2.05) is 13.8 Å². The molecular weight excluding hydrogens is 312 g/mol. The van der Waals surface area contributed by atoms with Crippen molar-refractivity contribution in [2.24, 2.45) is 0 Å². The average Bonchev–Trinajstić information content (AvgIpc) is 2.61. The van der Waals surface area contributed by atoms with E-state index in [-0.39, 0.29) is 24.8 Å². The summed E-state index contributed by atoms with van der Waals surface area (Å²) in [5.41, 5.74) is 0.993. The van der Waals surface area contributed by atoms with Gasteiger partial charge >= 0.3 is 0 Å². The third kappa shape index (κ3) is 4.19. The summed E-state index contributed by atoms with van der Waals surface area (Å²) < 4.78 is 5.25. The third-order valence-corrected chi connectivity index (χ3v) is 3.04. The summed E-state index contributed by atoms with van der Waals surface area (Å²) in [5, 5.41) is 5.35. The Labute approximate surface area is 138 Å². The van der Waals surface area contributed by atoms with Gasteiger partial charge in [-0.15, -0.1) is 0 Å². The molecule has 1 aromatic heterocycles. The zero-order chi connectivity index (χ0) is 17.5. The summed E-state index contributed by atoms with van der Waals surface area (Å²) in [6.45, 7) is 4.23. The Balaban J connectivity index is 0.00000100. The Kier molecular flexibility index (Phi) is 5.67. The molecule has 126 valence electrons. The van der Waals surface area contributed by atoms with E-state index in [0.717, 1.165) is 11.6 Å². The maximum absolute atomic E-state index is 11.9. The molecule has 24 heavy (non-hydrogen) atoms. The van der Waals surface area contributed by atoms with Crippen molar-refractivity contribution >= 4 is 17.5 Å². The van der Waals surface area contributed by atoms with E-state index in [4.69, 9.17) is 4.74 Å². The number of fused-ring (bicyclic) bond motifs is 1. The molecule has 0 aliphatic carbocycles. The number of hydrogen-bond donors (Lipinski definition) is 3. The van der Waals surface area contributed by atoms with Gasteiger partial charge in [-0.1, -0.05) is 19.9 Å². The van der Waals surface area contributed by atoms with Crippen LogP contribution in [0.3, 0.4) is 0 Å². The van der Waals surface area contributed by atoms with Crippen molar-refractivity contribution in [3.05, 3.63) is 52.2 Å². The maximum Gasteiger partial charge on any atom is 0.270 e. The van der Waals surface area contributed by atoms with E-state index in [1.54, 1.807) is 18.2 Å². The van der Waals surface area contributed by atoms with Crippen molar-refractivity contribution in [3.8, 4) is 5.75 Å². The molecule has 0 bridgehead atoms. The number of ether oxygens (including phenoxy) is 1. The predicted octanol–water partition coefficient (Wildman–Crippen LogP) is 1.06. The van der Waals surface area contributed by atoms with Gasteiger partial charge < -0.3 is 20.4 Å². The van der Waals surface area contributed by atoms with Gasteiger partial charge in [0.05, 0.1) is 12.0 Å². The van der Waals surface area contributed by atoms with Crippen LogP contribution in [0.25, 0.3) is 0 Å². The summed E-state index contributed by atoms with van der Waals surface area (Å²) in [6.07, 6.45) is 1.17. The van der Waals surface area contributed by atoms with Crippen LogP contribution in [-0.4, -0.2) is 28.4 Å². The molecule has 1 aliphatic rings. The van der Waals surface area contributed by atoms with Gasteiger partial charge in [0.15, 0.2) is 6.61 Å². The number of H-pyrrole nitrogens is 1. The molecule has 2 heterocycles. The molecule has 3 N–H and O–H groups in total. The van der Waals surface area contributed by atoms with Crippen molar-refractivity contribution in [3.63, 3.8) is 0 Å². The number of aromatic amines is 1. The Morgan fingerprint density at radius 3 is 2.83 bits per heavy atom. The predicted molar refractivity (Wildman–Crippen MR) is 87.9 cm³/mol. The molecule has 0 fully saturated rings. The van der Waals surface area contributed by atoms with Crippen LogP contribution in [0, 0.1) is 0 Å². The quantitative estimate of drug-likeness (QED) is 0.779. The first-order valence-electron chi connectivity index (χ1n) is 7.50. The fourth-order valence-corrected chi connectivity index (χ4v) is 2.01. The summed E-state index contributed by atoms with van der Waals surface area (Å²) in [6, 6.07) is 6.34. The Hall–Kier alpha value is -3.16. The van der Waals surface area contributed by atoms with E-state index in [9.17, 15) is 14.4 Å². The van der Waals surface area contributed by atoms with E-state index >= 15 is 0 Å². The van der Waals surface area contributed by atoms with Crippen LogP contribution in [0.4, 0.5) is 5.69 Å². The molecule has 0 radical (unpaired) electrons. The first-order valence-corrected chi connectivity index (χ1v) is 7.50. The molecule has 2 amide bonds. The number of rotatable bonds is 3. The molecule has 1 aromatic carbocycles. The molecule has 8 heteroatoms. The Morgan fingerprint density at radius 2 is 2.08 bits per heavy atom. The van der Waals surface area contributed by atoms with Gasteiger partial charge in [-0.05, 0) is 17.7 Å². The zero-order valence-electron chi connectivity index (χ0n) is 13.4. The van der Waals surface area contributed by atoms with Crippen molar-refractivity contribution < 1.29 is 14.3 Å². The summed E-state index contributed by atoms with van der Waals surface area (Å²) in [7, 11) is 0. The molecule has 0 saturated heterocycles. The van der Waals surface area contributed by atoms with Crippen LogP contribution in [0.2, 0.25) is 0 Å². The molecule has 2 aromatic rings. The Bertz CT molecular complexity index is 801. The minimum atomic E-state index is -0.455. The first kappa shape index (κ1) is 17.2. The molecule has 0 atom stereocenters. The van der Waals surface area contributed by atoms with E-state index in [2.05, 4.69) is 20.6 Å². The molecule has 0 unspecified atom stereocenters. The lowest BCUT2D eigenvalue weighted by molar-refractivity contribution is -0.118. The second-order valence-electron chi connectivity index (χ2n) is 4.65. The molecule has 8 nitrogen and oxygen atoms in total. The molecular formula is C16H18N4O4. The number of amides is 2. The first-order chi connectivity index (χ1) is 11.6. The standard InChI is InChI=1S/C14H12N4O4.C2H6/c19-12-4-10(16-7-17-12)14(21)15-5-8-1-2-11-9(3-8)18-13(20)6-22-11;1-2/h1-4,7H,5-6H2,(H,15,21)(H,18,20)(H,16,17,19);1-2H3. The molecule has 0 spiro atoms. The summed E-state index contributed by atoms with van der Waals surface area (Å²) >= 11 is 0. The van der Waals surface area contributed by atoms with E-state index in [1.165, 1.54) is 6.33 Å². The minimum Gasteiger partial charge on any atom is -0.482 e. The van der Waals surface area contributed by atoms with Gasteiger partial charge in [0.1, 0.15) is 11.4 Å². The largest absolute Gasteiger partial charge is 0.482 e. The second kappa shape index (κ2) is 7.91. The average molecular weight is 330 g/mol. The number of nitrogens with zero attached hydrogens (tertiary/aromatic N) is 1. The number of carbonyl (C=O) groups is 2. The van der Waals surface area contributed by atoms with Crippen LogP contribution < -0.4 is 20.9 Å². The van der Waals surface area contributed by atoms with Crippen LogP contribution in [0.1, 0.15) is 29.9 Å². The highest BCUT2D eigenvalue weighted by atomic mass is 16.5. The topological polar surface area (TPSA) is 113 Å². The van der Waals surface area contributed by atoms with Crippen LogP contribution in [-0.2, 0) is 11.3 Å². The van der Waals surface area contributed by atoms with Crippen molar-refractivity contribution in [2.75, 3.05) is 11.9 Å². The highest BCUT2D eigenvalue weighted by molar-refractivity contribution is 5.95. The molecule has 0 saturated carbocycles. The second-order valence-corrected chi connectivity index (χ2v) is 4.65.